The number of fused-ring (bicyclic) bond motifs is 1. The monoisotopic (exact) mass is 310 g/mol. The van der Waals surface area contributed by atoms with E-state index in [1.807, 2.05) is 44.3 Å². The molecule has 0 radical (unpaired) electrons. The first-order valence-electron chi connectivity index (χ1n) is 7.25. The van der Waals surface area contributed by atoms with E-state index in [1.54, 1.807) is 17.8 Å². The number of hydrogen-bond acceptors (Lipinski definition) is 4. The summed E-state index contributed by atoms with van der Waals surface area (Å²) in [5, 5.41) is 6.35. The smallest absolute Gasteiger partial charge is 0.274 e. The number of hydroxylamine groups is 2. The number of carbonyl (C=O) groups is 1. The molecule has 2 aromatic heterocycles. The molecule has 1 amide bonds. The first-order valence-corrected chi connectivity index (χ1v) is 7.25. The summed E-state index contributed by atoms with van der Waals surface area (Å²) in [4.78, 5) is 22.4. The second kappa shape index (κ2) is 5.81. The Morgan fingerprint density at radius 2 is 1.96 bits per heavy atom. The number of aromatic nitrogens is 3. The summed E-state index contributed by atoms with van der Waals surface area (Å²) < 4.78 is 1.70. The Bertz CT molecular complexity index is 871. The third kappa shape index (κ3) is 2.57. The average Bonchev–Trinajstić information content (AvgIpc) is 2.88. The number of benzene rings is 1. The van der Waals surface area contributed by atoms with Gasteiger partial charge in [-0.25, -0.2) is 10.0 Å². The van der Waals surface area contributed by atoms with Gasteiger partial charge in [-0.3, -0.25) is 14.3 Å². The van der Waals surface area contributed by atoms with Crippen LogP contribution < -0.4 is 0 Å². The molecule has 23 heavy (non-hydrogen) atoms. The van der Waals surface area contributed by atoms with Crippen molar-refractivity contribution in [1.82, 2.24) is 19.8 Å². The fourth-order valence-corrected chi connectivity index (χ4v) is 2.62. The summed E-state index contributed by atoms with van der Waals surface area (Å²) in [5.74, 6) is -0.229. The van der Waals surface area contributed by atoms with Crippen LogP contribution in [0.4, 0.5) is 0 Å². The van der Waals surface area contributed by atoms with Crippen LogP contribution in [0.2, 0.25) is 0 Å². The molecule has 0 spiro atoms. The van der Waals surface area contributed by atoms with Gasteiger partial charge in [-0.2, -0.15) is 5.10 Å². The van der Waals surface area contributed by atoms with Gasteiger partial charge in [-0.15, -0.1) is 0 Å². The average molecular weight is 310 g/mol. The fourth-order valence-electron chi connectivity index (χ4n) is 2.62. The van der Waals surface area contributed by atoms with E-state index in [9.17, 15) is 4.79 Å². The lowest BCUT2D eigenvalue weighted by Gasteiger charge is -2.15. The van der Waals surface area contributed by atoms with Crippen molar-refractivity contribution in [3.63, 3.8) is 0 Å². The molecule has 3 rings (SSSR count). The van der Waals surface area contributed by atoms with Gasteiger partial charge in [0, 0.05) is 19.7 Å². The lowest BCUT2D eigenvalue weighted by molar-refractivity contribution is -0.0755. The van der Waals surface area contributed by atoms with Crippen molar-refractivity contribution >= 4 is 16.9 Å². The quantitative estimate of drug-likeness (QED) is 0.698. The number of hydrogen-bond donors (Lipinski definition) is 0. The van der Waals surface area contributed by atoms with Crippen molar-refractivity contribution < 1.29 is 9.63 Å². The van der Waals surface area contributed by atoms with Crippen LogP contribution in [-0.4, -0.2) is 39.9 Å². The van der Waals surface area contributed by atoms with E-state index in [2.05, 4.69) is 10.1 Å². The third-order valence-corrected chi connectivity index (χ3v) is 3.83. The number of amides is 1. The maximum absolute atomic E-state index is 12.7. The molecule has 2 heterocycles. The molecular formula is C17H18N4O2. The summed E-state index contributed by atoms with van der Waals surface area (Å²) in [6.45, 7) is 1.87. The molecule has 6 nitrogen and oxygen atoms in total. The zero-order valence-corrected chi connectivity index (χ0v) is 13.6. The molecular weight excluding hydrogens is 292 g/mol. The van der Waals surface area contributed by atoms with Gasteiger partial charge in [0.05, 0.1) is 29.4 Å². The van der Waals surface area contributed by atoms with Gasteiger partial charge in [-0.05, 0) is 13.0 Å². The third-order valence-electron chi connectivity index (χ3n) is 3.83. The number of aryl methyl sites for hydroxylation is 2. The van der Waals surface area contributed by atoms with Crippen molar-refractivity contribution in [2.24, 2.45) is 7.05 Å². The highest BCUT2D eigenvalue weighted by Gasteiger charge is 2.21. The van der Waals surface area contributed by atoms with E-state index in [-0.39, 0.29) is 5.91 Å². The molecule has 0 bridgehead atoms. The van der Waals surface area contributed by atoms with Gasteiger partial charge >= 0.3 is 0 Å². The highest BCUT2D eigenvalue weighted by Crippen LogP contribution is 2.27. The van der Waals surface area contributed by atoms with Crippen LogP contribution in [0.1, 0.15) is 16.1 Å². The van der Waals surface area contributed by atoms with Crippen molar-refractivity contribution in [1.29, 1.82) is 0 Å². The minimum absolute atomic E-state index is 0.229. The van der Waals surface area contributed by atoms with E-state index in [4.69, 9.17) is 4.84 Å². The van der Waals surface area contributed by atoms with Crippen molar-refractivity contribution in [2.45, 2.75) is 6.92 Å². The van der Waals surface area contributed by atoms with Crippen LogP contribution in [0.3, 0.4) is 0 Å². The molecule has 1 aromatic carbocycles. The largest absolute Gasteiger partial charge is 0.278 e. The van der Waals surface area contributed by atoms with E-state index in [0.29, 0.717) is 11.2 Å². The highest BCUT2D eigenvalue weighted by molar-refractivity contribution is 6.07. The lowest BCUT2D eigenvalue weighted by Crippen LogP contribution is -2.25. The van der Waals surface area contributed by atoms with Crippen molar-refractivity contribution in [3.05, 3.63) is 47.7 Å². The normalized spacial score (nSPS) is 11.0. The first-order chi connectivity index (χ1) is 11.0. The highest BCUT2D eigenvalue weighted by atomic mass is 16.7. The molecule has 0 aliphatic heterocycles. The summed E-state index contributed by atoms with van der Waals surface area (Å²) >= 11 is 0. The molecule has 0 aliphatic carbocycles. The summed E-state index contributed by atoms with van der Waals surface area (Å²) in [6, 6.07) is 11.6. The minimum atomic E-state index is -0.229. The fraction of sp³-hybridized carbons (Fsp3) is 0.235. The SMILES string of the molecule is CON(C)C(=O)c1cc(-c2ccccc2)nc2c1c(C)nn2C. The summed E-state index contributed by atoms with van der Waals surface area (Å²) in [6.07, 6.45) is 0. The Morgan fingerprint density at radius 3 is 2.61 bits per heavy atom. The van der Waals surface area contributed by atoms with Crippen LogP contribution >= 0.6 is 0 Å². The molecule has 0 aliphatic rings. The Morgan fingerprint density at radius 1 is 1.26 bits per heavy atom. The molecule has 3 aromatic rings. The predicted octanol–water partition coefficient (Wildman–Crippen LogP) is 2.58. The van der Waals surface area contributed by atoms with Gasteiger partial charge in [0.25, 0.3) is 5.91 Å². The van der Waals surface area contributed by atoms with E-state index in [0.717, 1.165) is 22.3 Å². The zero-order chi connectivity index (χ0) is 16.6. The van der Waals surface area contributed by atoms with Crippen LogP contribution in [0.5, 0.6) is 0 Å². The molecule has 0 saturated heterocycles. The molecule has 0 unspecified atom stereocenters. The van der Waals surface area contributed by atoms with Crippen LogP contribution in [0, 0.1) is 6.92 Å². The molecule has 118 valence electrons. The van der Waals surface area contributed by atoms with Gasteiger partial charge in [0.2, 0.25) is 0 Å². The van der Waals surface area contributed by atoms with Gasteiger partial charge in [0.1, 0.15) is 0 Å². The van der Waals surface area contributed by atoms with E-state index in [1.165, 1.54) is 12.2 Å². The van der Waals surface area contributed by atoms with Crippen LogP contribution in [0.25, 0.3) is 22.3 Å². The first kappa shape index (κ1) is 15.2. The van der Waals surface area contributed by atoms with Crippen molar-refractivity contribution in [2.75, 3.05) is 14.2 Å². The minimum Gasteiger partial charge on any atom is -0.274 e. The molecule has 0 N–H and O–H groups in total. The topological polar surface area (TPSA) is 60.2 Å². The number of rotatable bonds is 3. The lowest BCUT2D eigenvalue weighted by atomic mass is 10.0. The van der Waals surface area contributed by atoms with Gasteiger partial charge < -0.3 is 0 Å². The predicted molar refractivity (Wildman–Crippen MR) is 87.8 cm³/mol. The number of pyridine rings is 1. The molecule has 0 fully saturated rings. The van der Waals surface area contributed by atoms with Gasteiger partial charge in [0.15, 0.2) is 5.65 Å². The van der Waals surface area contributed by atoms with Crippen LogP contribution in [-0.2, 0) is 11.9 Å². The summed E-state index contributed by atoms with van der Waals surface area (Å²) in [7, 11) is 4.87. The zero-order valence-electron chi connectivity index (χ0n) is 13.6. The maximum atomic E-state index is 12.7. The van der Waals surface area contributed by atoms with Crippen LogP contribution in [0.15, 0.2) is 36.4 Å². The maximum Gasteiger partial charge on any atom is 0.278 e. The summed E-state index contributed by atoms with van der Waals surface area (Å²) in [5.41, 5.74) is 3.65. The second-order valence-corrected chi connectivity index (χ2v) is 5.31. The number of nitrogens with zero attached hydrogens (tertiary/aromatic N) is 4. The van der Waals surface area contributed by atoms with E-state index >= 15 is 0 Å². The Balaban J connectivity index is 2.30. The molecule has 6 heteroatoms. The Hall–Kier alpha value is -2.73. The molecule has 0 atom stereocenters. The second-order valence-electron chi connectivity index (χ2n) is 5.31. The standard InChI is InChI=1S/C17H18N4O2/c1-11-15-13(17(22)21(3)23-4)10-14(12-8-6-5-7-9-12)18-16(15)20(2)19-11/h5-10H,1-4H3. The molecule has 0 saturated carbocycles. The van der Waals surface area contributed by atoms with Gasteiger partial charge in [-0.1, -0.05) is 30.3 Å². The Labute approximate surface area is 134 Å². The Kier molecular flexibility index (Phi) is 3.83. The number of carbonyl (C=O) groups excluding carboxylic acids is 1. The van der Waals surface area contributed by atoms with E-state index < -0.39 is 0 Å². The van der Waals surface area contributed by atoms with Crippen molar-refractivity contribution in [3.8, 4) is 11.3 Å².